The maximum absolute atomic E-state index is 10.8. The summed E-state index contributed by atoms with van der Waals surface area (Å²) in [5, 5.41) is 10.8. The second-order valence-electron chi connectivity index (χ2n) is 4.09. The highest BCUT2D eigenvalue weighted by Crippen LogP contribution is 2.33. The molecule has 1 unspecified atom stereocenters. The van der Waals surface area contributed by atoms with E-state index in [-0.39, 0.29) is 0 Å². The minimum Gasteiger partial charge on any atom is -0.380 e. The molecular formula is C15H15BrO. The predicted octanol–water partition coefficient (Wildman–Crippen LogP) is 4.10. The van der Waals surface area contributed by atoms with Crippen molar-refractivity contribution in [3.05, 3.63) is 70.2 Å². The third-order valence-electron chi connectivity index (χ3n) is 3.08. The Hall–Kier alpha value is -1.12. The number of halogens is 1. The van der Waals surface area contributed by atoms with E-state index in [0.717, 1.165) is 15.6 Å². The average Bonchev–Trinajstić information content (AvgIpc) is 2.40. The van der Waals surface area contributed by atoms with Crippen LogP contribution in [0.3, 0.4) is 0 Å². The number of rotatable bonds is 3. The van der Waals surface area contributed by atoms with Gasteiger partial charge in [-0.25, -0.2) is 0 Å². The Kier molecular flexibility index (Phi) is 3.65. The normalized spacial score (nSPS) is 14.3. The summed E-state index contributed by atoms with van der Waals surface area (Å²) in [4.78, 5) is 0. The second kappa shape index (κ2) is 5.03. The van der Waals surface area contributed by atoms with Crippen LogP contribution in [0.5, 0.6) is 0 Å². The molecule has 0 aromatic heterocycles. The Balaban J connectivity index is 2.48. The number of aliphatic hydroxyl groups is 1. The lowest BCUT2D eigenvalue weighted by Gasteiger charge is -2.28. The van der Waals surface area contributed by atoms with Gasteiger partial charge in [-0.1, -0.05) is 65.3 Å². The molecule has 1 nitrogen and oxygen atoms in total. The lowest BCUT2D eigenvalue weighted by Crippen LogP contribution is -2.26. The Labute approximate surface area is 110 Å². The fourth-order valence-corrected chi connectivity index (χ4v) is 2.28. The summed E-state index contributed by atoms with van der Waals surface area (Å²) in [6.45, 7) is 2.00. The average molecular weight is 291 g/mol. The van der Waals surface area contributed by atoms with Crippen molar-refractivity contribution in [3.63, 3.8) is 0 Å². The molecule has 1 atom stereocenters. The molecule has 0 aliphatic rings. The first-order chi connectivity index (χ1) is 8.16. The van der Waals surface area contributed by atoms with Crippen LogP contribution < -0.4 is 0 Å². The van der Waals surface area contributed by atoms with Crippen molar-refractivity contribution in [2.45, 2.75) is 18.9 Å². The predicted molar refractivity (Wildman–Crippen MR) is 73.9 cm³/mol. The molecule has 0 radical (unpaired) electrons. The van der Waals surface area contributed by atoms with E-state index in [4.69, 9.17) is 0 Å². The van der Waals surface area contributed by atoms with Gasteiger partial charge in [-0.3, -0.25) is 0 Å². The molecule has 0 saturated carbocycles. The van der Waals surface area contributed by atoms with E-state index in [9.17, 15) is 5.11 Å². The quantitative estimate of drug-likeness (QED) is 0.903. The molecule has 0 amide bonds. The van der Waals surface area contributed by atoms with Gasteiger partial charge in [0, 0.05) is 4.47 Å². The fourth-order valence-electron chi connectivity index (χ4n) is 2.01. The highest BCUT2D eigenvalue weighted by atomic mass is 79.9. The minimum absolute atomic E-state index is 0.651. The van der Waals surface area contributed by atoms with Crippen LogP contribution in [0.4, 0.5) is 0 Å². The van der Waals surface area contributed by atoms with Crippen LogP contribution in [0.15, 0.2) is 59.1 Å². The number of hydrogen-bond donors (Lipinski definition) is 1. The van der Waals surface area contributed by atoms with Gasteiger partial charge in [-0.05, 0) is 29.7 Å². The second-order valence-corrected chi connectivity index (χ2v) is 5.00. The minimum atomic E-state index is -0.901. The summed E-state index contributed by atoms with van der Waals surface area (Å²) in [5.41, 5.74) is 0.960. The van der Waals surface area contributed by atoms with E-state index < -0.39 is 5.60 Å². The van der Waals surface area contributed by atoms with Crippen LogP contribution >= 0.6 is 15.9 Å². The SMILES string of the molecule is CCC(O)(c1ccccc1)c1ccc(Br)cc1. The molecule has 2 aromatic rings. The Morgan fingerprint density at radius 3 is 2.00 bits per heavy atom. The van der Waals surface area contributed by atoms with Crippen molar-refractivity contribution in [2.24, 2.45) is 0 Å². The van der Waals surface area contributed by atoms with Crippen LogP contribution in [0, 0.1) is 0 Å². The van der Waals surface area contributed by atoms with Gasteiger partial charge in [0.15, 0.2) is 0 Å². The Morgan fingerprint density at radius 2 is 1.47 bits per heavy atom. The summed E-state index contributed by atoms with van der Waals surface area (Å²) in [7, 11) is 0. The Bertz CT molecular complexity index is 478. The van der Waals surface area contributed by atoms with E-state index >= 15 is 0 Å². The lowest BCUT2D eigenvalue weighted by atomic mass is 9.84. The standard InChI is InChI=1S/C15H15BrO/c1-2-15(17,12-6-4-3-5-7-12)13-8-10-14(16)11-9-13/h3-11,17H,2H2,1H3. The lowest BCUT2D eigenvalue weighted by molar-refractivity contribution is 0.0765. The zero-order valence-electron chi connectivity index (χ0n) is 9.73. The molecule has 0 aliphatic heterocycles. The molecule has 17 heavy (non-hydrogen) atoms. The molecule has 0 bridgehead atoms. The van der Waals surface area contributed by atoms with Gasteiger partial charge in [0.1, 0.15) is 5.60 Å². The van der Waals surface area contributed by atoms with E-state index in [1.807, 2.05) is 61.5 Å². The van der Waals surface area contributed by atoms with Gasteiger partial charge in [0.25, 0.3) is 0 Å². The van der Waals surface area contributed by atoms with Crippen molar-refractivity contribution < 1.29 is 5.11 Å². The smallest absolute Gasteiger partial charge is 0.114 e. The van der Waals surface area contributed by atoms with Crippen LogP contribution in [0.2, 0.25) is 0 Å². The van der Waals surface area contributed by atoms with Crippen molar-refractivity contribution >= 4 is 15.9 Å². The van der Waals surface area contributed by atoms with Crippen LogP contribution in [0.1, 0.15) is 24.5 Å². The maximum atomic E-state index is 10.8. The van der Waals surface area contributed by atoms with Gasteiger partial charge in [0.2, 0.25) is 0 Å². The van der Waals surface area contributed by atoms with Gasteiger partial charge in [-0.15, -0.1) is 0 Å². The first-order valence-corrected chi connectivity index (χ1v) is 6.50. The molecule has 1 N–H and O–H groups in total. The molecule has 2 heteroatoms. The maximum Gasteiger partial charge on any atom is 0.114 e. The van der Waals surface area contributed by atoms with E-state index in [0.29, 0.717) is 6.42 Å². The molecule has 2 rings (SSSR count). The zero-order valence-corrected chi connectivity index (χ0v) is 11.3. The molecule has 0 saturated heterocycles. The highest BCUT2D eigenvalue weighted by Gasteiger charge is 2.28. The molecule has 0 fully saturated rings. The van der Waals surface area contributed by atoms with Gasteiger partial charge in [-0.2, -0.15) is 0 Å². The van der Waals surface area contributed by atoms with Gasteiger partial charge >= 0.3 is 0 Å². The molecule has 2 aromatic carbocycles. The molecule has 0 spiro atoms. The van der Waals surface area contributed by atoms with Crippen molar-refractivity contribution in [1.29, 1.82) is 0 Å². The van der Waals surface area contributed by atoms with Gasteiger partial charge in [0.05, 0.1) is 0 Å². The zero-order chi connectivity index (χ0) is 12.3. The molecule has 88 valence electrons. The van der Waals surface area contributed by atoms with Gasteiger partial charge < -0.3 is 5.11 Å². The van der Waals surface area contributed by atoms with E-state index in [1.54, 1.807) is 0 Å². The van der Waals surface area contributed by atoms with Crippen LogP contribution in [-0.2, 0) is 5.60 Å². The number of benzene rings is 2. The summed E-state index contributed by atoms with van der Waals surface area (Å²) in [6.07, 6.45) is 0.651. The third-order valence-corrected chi connectivity index (χ3v) is 3.61. The fraction of sp³-hybridized carbons (Fsp3) is 0.200. The third kappa shape index (κ3) is 2.43. The summed E-state index contributed by atoms with van der Waals surface area (Å²) < 4.78 is 1.02. The van der Waals surface area contributed by atoms with Crippen molar-refractivity contribution in [1.82, 2.24) is 0 Å². The molecule has 0 aliphatic carbocycles. The molecule has 0 heterocycles. The van der Waals surface area contributed by atoms with E-state index in [2.05, 4.69) is 15.9 Å². The van der Waals surface area contributed by atoms with Crippen LogP contribution in [0.25, 0.3) is 0 Å². The van der Waals surface area contributed by atoms with Crippen LogP contribution in [-0.4, -0.2) is 5.11 Å². The van der Waals surface area contributed by atoms with Crippen molar-refractivity contribution in [3.8, 4) is 0 Å². The summed E-state index contributed by atoms with van der Waals surface area (Å²) >= 11 is 3.41. The first kappa shape index (κ1) is 12.3. The highest BCUT2D eigenvalue weighted by molar-refractivity contribution is 9.10. The van der Waals surface area contributed by atoms with Crippen molar-refractivity contribution in [2.75, 3.05) is 0 Å². The van der Waals surface area contributed by atoms with E-state index in [1.165, 1.54) is 0 Å². The Morgan fingerprint density at radius 1 is 0.941 bits per heavy atom. The monoisotopic (exact) mass is 290 g/mol. The largest absolute Gasteiger partial charge is 0.380 e. The summed E-state index contributed by atoms with van der Waals surface area (Å²) in [5.74, 6) is 0. The summed E-state index contributed by atoms with van der Waals surface area (Å²) in [6, 6.07) is 17.6. The number of hydrogen-bond acceptors (Lipinski definition) is 1. The molecular weight excluding hydrogens is 276 g/mol. The first-order valence-electron chi connectivity index (χ1n) is 5.71. The topological polar surface area (TPSA) is 20.2 Å².